The van der Waals surface area contributed by atoms with E-state index in [1.807, 2.05) is 0 Å². The van der Waals surface area contributed by atoms with E-state index < -0.39 is 0 Å². The molecular formula is C12H24O3. The monoisotopic (exact) mass is 216 g/mol. The van der Waals surface area contributed by atoms with E-state index in [4.69, 9.17) is 9.47 Å². The van der Waals surface area contributed by atoms with Crippen LogP contribution in [0.15, 0.2) is 0 Å². The maximum absolute atomic E-state index is 10.4. The number of ether oxygens (including phenoxy) is 2. The Morgan fingerprint density at radius 3 is 2.13 bits per heavy atom. The summed E-state index contributed by atoms with van der Waals surface area (Å²) in [7, 11) is 0. The first-order valence-corrected chi connectivity index (χ1v) is 5.98. The average Bonchev–Trinajstić information content (AvgIpc) is 2.20. The van der Waals surface area contributed by atoms with Gasteiger partial charge in [-0.25, -0.2) is 0 Å². The topological polar surface area (TPSA) is 35.5 Å². The van der Waals surface area contributed by atoms with Crippen molar-refractivity contribution in [2.45, 2.75) is 52.4 Å². The summed E-state index contributed by atoms with van der Waals surface area (Å²) in [4.78, 5) is 10.4. The van der Waals surface area contributed by atoms with E-state index in [0.717, 1.165) is 38.9 Å². The smallest absolute Gasteiger partial charge is 0.302 e. The Balaban J connectivity index is 2.89. The third-order valence-electron chi connectivity index (χ3n) is 2.09. The van der Waals surface area contributed by atoms with Crippen molar-refractivity contribution in [2.75, 3.05) is 19.8 Å². The van der Waals surface area contributed by atoms with Gasteiger partial charge in [-0.3, -0.25) is 4.79 Å². The summed E-state index contributed by atoms with van der Waals surface area (Å²) in [6.45, 7) is 5.91. The van der Waals surface area contributed by atoms with Gasteiger partial charge in [0.2, 0.25) is 0 Å². The molecule has 0 aliphatic rings. The number of hydrogen-bond donors (Lipinski definition) is 0. The molecule has 0 radical (unpaired) electrons. The zero-order valence-electron chi connectivity index (χ0n) is 10.1. The van der Waals surface area contributed by atoms with Crippen LogP contribution in [0.5, 0.6) is 0 Å². The van der Waals surface area contributed by atoms with Gasteiger partial charge in [0.05, 0.1) is 6.61 Å². The maximum atomic E-state index is 10.4. The first-order chi connectivity index (χ1) is 7.27. The fourth-order valence-corrected chi connectivity index (χ4v) is 1.30. The molecule has 0 aliphatic heterocycles. The van der Waals surface area contributed by atoms with Crippen LogP contribution in [0.1, 0.15) is 52.4 Å². The number of unbranched alkanes of at least 4 members (excludes halogenated alkanes) is 4. The predicted octanol–water partition coefficient (Wildman–Crippen LogP) is 2.93. The molecule has 0 unspecified atom stereocenters. The van der Waals surface area contributed by atoms with Gasteiger partial charge in [0, 0.05) is 20.1 Å². The van der Waals surface area contributed by atoms with E-state index in [9.17, 15) is 4.79 Å². The molecule has 0 N–H and O–H groups in total. The van der Waals surface area contributed by atoms with Crippen molar-refractivity contribution < 1.29 is 14.3 Å². The Morgan fingerprint density at radius 2 is 1.53 bits per heavy atom. The average molecular weight is 216 g/mol. The van der Waals surface area contributed by atoms with Gasteiger partial charge < -0.3 is 9.47 Å². The molecular weight excluding hydrogens is 192 g/mol. The van der Waals surface area contributed by atoms with Crippen molar-refractivity contribution >= 4 is 5.97 Å². The van der Waals surface area contributed by atoms with Crippen LogP contribution in [0.2, 0.25) is 0 Å². The molecule has 0 saturated carbocycles. The first-order valence-electron chi connectivity index (χ1n) is 5.98. The normalized spacial score (nSPS) is 10.3. The van der Waals surface area contributed by atoms with Gasteiger partial charge in [-0.05, 0) is 19.3 Å². The molecule has 3 heteroatoms. The van der Waals surface area contributed by atoms with Gasteiger partial charge in [-0.15, -0.1) is 0 Å². The fourth-order valence-electron chi connectivity index (χ4n) is 1.30. The first kappa shape index (κ1) is 14.4. The second kappa shape index (κ2) is 11.5. The summed E-state index contributed by atoms with van der Waals surface area (Å²) in [6.07, 6.45) is 6.78. The standard InChI is InChI=1S/C12H24O3/c1-3-9-14-10-7-5-4-6-8-11-15-12(2)13/h3-11H2,1-2H3. The van der Waals surface area contributed by atoms with Crippen LogP contribution in [0, 0.1) is 0 Å². The van der Waals surface area contributed by atoms with Crippen LogP contribution in [0.3, 0.4) is 0 Å². The highest BCUT2D eigenvalue weighted by atomic mass is 16.5. The molecule has 0 atom stereocenters. The lowest BCUT2D eigenvalue weighted by Gasteiger charge is -2.03. The number of hydrogen-bond acceptors (Lipinski definition) is 3. The highest BCUT2D eigenvalue weighted by Crippen LogP contribution is 2.03. The minimum absolute atomic E-state index is 0.178. The molecule has 0 spiro atoms. The zero-order valence-corrected chi connectivity index (χ0v) is 10.1. The molecule has 3 nitrogen and oxygen atoms in total. The van der Waals surface area contributed by atoms with E-state index in [1.54, 1.807) is 0 Å². The zero-order chi connectivity index (χ0) is 11.4. The molecule has 0 aromatic rings. The summed E-state index contributed by atoms with van der Waals surface area (Å²) >= 11 is 0. The van der Waals surface area contributed by atoms with Crippen LogP contribution in [-0.2, 0) is 14.3 Å². The number of rotatable bonds is 10. The van der Waals surface area contributed by atoms with E-state index >= 15 is 0 Å². The lowest BCUT2D eigenvalue weighted by molar-refractivity contribution is -0.141. The highest BCUT2D eigenvalue weighted by molar-refractivity contribution is 5.65. The lowest BCUT2D eigenvalue weighted by Crippen LogP contribution is -2.00. The van der Waals surface area contributed by atoms with E-state index in [2.05, 4.69) is 6.92 Å². The Kier molecular flexibility index (Phi) is 11.1. The second-order valence-corrected chi connectivity index (χ2v) is 3.72. The van der Waals surface area contributed by atoms with E-state index in [1.165, 1.54) is 19.8 Å². The van der Waals surface area contributed by atoms with Crippen molar-refractivity contribution in [1.82, 2.24) is 0 Å². The summed E-state index contributed by atoms with van der Waals surface area (Å²) in [6, 6.07) is 0. The molecule has 0 aliphatic carbocycles. The third-order valence-corrected chi connectivity index (χ3v) is 2.09. The van der Waals surface area contributed by atoms with E-state index in [0.29, 0.717) is 6.61 Å². The van der Waals surface area contributed by atoms with Crippen LogP contribution in [0.4, 0.5) is 0 Å². The Hall–Kier alpha value is -0.570. The molecule has 0 fully saturated rings. The Bertz CT molecular complexity index is 146. The highest BCUT2D eigenvalue weighted by Gasteiger charge is 1.94. The lowest BCUT2D eigenvalue weighted by atomic mass is 10.1. The summed E-state index contributed by atoms with van der Waals surface area (Å²) < 4.78 is 10.2. The van der Waals surface area contributed by atoms with Gasteiger partial charge in [0.1, 0.15) is 0 Å². The van der Waals surface area contributed by atoms with Crippen molar-refractivity contribution in [2.24, 2.45) is 0 Å². The van der Waals surface area contributed by atoms with Crippen LogP contribution in [-0.4, -0.2) is 25.8 Å². The second-order valence-electron chi connectivity index (χ2n) is 3.72. The van der Waals surface area contributed by atoms with Crippen molar-refractivity contribution in [3.63, 3.8) is 0 Å². The third kappa shape index (κ3) is 13.4. The van der Waals surface area contributed by atoms with Gasteiger partial charge in [0.15, 0.2) is 0 Å². The van der Waals surface area contributed by atoms with Gasteiger partial charge >= 0.3 is 5.97 Å². The number of esters is 1. The van der Waals surface area contributed by atoms with Crippen molar-refractivity contribution in [3.05, 3.63) is 0 Å². The molecule has 0 saturated heterocycles. The molecule has 0 heterocycles. The maximum Gasteiger partial charge on any atom is 0.302 e. The van der Waals surface area contributed by atoms with Gasteiger partial charge in [0.25, 0.3) is 0 Å². The Labute approximate surface area is 93.1 Å². The summed E-state index contributed by atoms with van der Waals surface area (Å²) in [5.74, 6) is -0.178. The van der Waals surface area contributed by atoms with Crippen molar-refractivity contribution in [3.8, 4) is 0 Å². The minimum atomic E-state index is -0.178. The van der Waals surface area contributed by atoms with E-state index in [-0.39, 0.29) is 5.97 Å². The molecule has 0 aromatic heterocycles. The molecule has 0 bridgehead atoms. The molecule has 0 aromatic carbocycles. The molecule has 0 amide bonds. The predicted molar refractivity (Wildman–Crippen MR) is 60.8 cm³/mol. The SMILES string of the molecule is CCCOCCCCCCCOC(C)=O. The van der Waals surface area contributed by atoms with Gasteiger partial charge in [-0.1, -0.05) is 26.2 Å². The number of carbonyl (C=O) groups is 1. The fraction of sp³-hybridized carbons (Fsp3) is 0.917. The van der Waals surface area contributed by atoms with Gasteiger partial charge in [-0.2, -0.15) is 0 Å². The minimum Gasteiger partial charge on any atom is -0.466 e. The van der Waals surface area contributed by atoms with Crippen LogP contribution >= 0.6 is 0 Å². The molecule has 90 valence electrons. The largest absolute Gasteiger partial charge is 0.466 e. The molecule has 15 heavy (non-hydrogen) atoms. The number of carbonyl (C=O) groups excluding carboxylic acids is 1. The van der Waals surface area contributed by atoms with Crippen LogP contribution < -0.4 is 0 Å². The van der Waals surface area contributed by atoms with Crippen molar-refractivity contribution in [1.29, 1.82) is 0 Å². The summed E-state index contributed by atoms with van der Waals surface area (Å²) in [5, 5.41) is 0. The molecule has 0 rings (SSSR count). The van der Waals surface area contributed by atoms with Crippen LogP contribution in [0.25, 0.3) is 0 Å². The quantitative estimate of drug-likeness (QED) is 0.416. The Morgan fingerprint density at radius 1 is 0.933 bits per heavy atom. The summed E-state index contributed by atoms with van der Waals surface area (Å²) in [5.41, 5.74) is 0.